The molecule has 0 saturated carbocycles. The van der Waals surface area contributed by atoms with Crippen molar-refractivity contribution in [1.29, 1.82) is 0 Å². The molecule has 0 aliphatic rings. The highest BCUT2D eigenvalue weighted by Gasteiger charge is 2.10. The molecule has 0 aliphatic heterocycles. The van der Waals surface area contributed by atoms with Gasteiger partial charge in [-0.2, -0.15) is 0 Å². The van der Waals surface area contributed by atoms with Crippen LogP contribution >= 0.6 is 0 Å². The van der Waals surface area contributed by atoms with Crippen molar-refractivity contribution >= 4 is 0 Å². The fourth-order valence-corrected chi connectivity index (χ4v) is 1.65. The number of rotatable bonds is 6. The van der Waals surface area contributed by atoms with Gasteiger partial charge in [0.1, 0.15) is 5.75 Å². The molecule has 1 heterocycles. The molecule has 1 N–H and O–H groups in total. The Labute approximate surface area is 119 Å². The summed E-state index contributed by atoms with van der Waals surface area (Å²) in [6.45, 7) is 7.48. The normalized spacial score (nSPS) is 11.6. The monoisotopic (exact) mass is 275 g/mol. The Bertz CT molecular complexity index is 517. The SMILES string of the molecule is CC(C)(C)NCCc1nnc(COc2ccccc2)o1. The highest BCUT2D eigenvalue weighted by atomic mass is 16.5. The highest BCUT2D eigenvalue weighted by molar-refractivity contribution is 5.20. The minimum atomic E-state index is 0.0965. The lowest BCUT2D eigenvalue weighted by molar-refractivity contribution is 0.258. The number of aromatic nitrogens is 2. The summed E-state index contributed by atoms with van der Waals surface area (Å²) in [6, 6.07) is 9.58. The number of para-hydroxylation sites is 1. The van der Waals surface area contributed by atoms with Gasteiger partial charge in [-0.05, 0) is 32.9 Å². The molecule has 0 spiro atoms. The standard InChI is InChI=1S/C15H21N3O2/c1-15(2,3)16-10-9-13-17-18-14(20-13)11-19-12-7-5-4-6-8-12/h4-8,16H,9-11H2,1-3H3. The van der Waals surface area contributed by atoms with Crippen molar-refractivity contribution in [1.82, 2.24) is 15.5 Å². The van der Waals surface area contributed by atoms with Crippen LogP contribution in [0.25, 0.3) is 0 Å². The molecule has 1 aromatic heterocycles. The molecule has 2 aromatic rings. The average Bonchev–Trinajstić information content (AvgIpc) is 2.84. The topological polar surface area (TPSA) is 60.2 Å². The number of hydrogen-bond acceptors (Lipinski definition) is 5. The molecule has 0 aliphatic carbocycles. The van der Waals surface area contributed by atoms with Crippen molar-refractivity contribution in [2.45, 2.75) is 39.3 Å². The summed E-state index contributed by atoms with van der Waals surface area (Å²) >= 11 is 0. The second kappa shape index (κ2) is 6.52. The predicted molar refractivity (Wildman–Crippen MR) is 76.5 cm³/mol. The van der Waals surface area contributed by atoms with E-state index in [2.05, 4.69) is 36.3 Å². The van der Waals surface area contributed by atoms with Gasteiger partial charge in [-0.3, -0.25) is 0 Å². The van der Waals surface area contributed by atoms with E-state index < -0.39 is 0 Å². The zero-order valence-corrected chi connectivity index (χ0v) is 12.2. The maximum Gasteiger partial charge on any atom is 0.253 e. The molecular formula is C15H21N3O2. The highest BCUT2D eigenvalue weighted by Crippen LogP contribution is 2.11. The van der Waals surface area contributed by atoms with Crippen LogP contribution in [0.4, 0.5) is 0 Å². The molecule has 0 amide bonds. The van der Waals surface area contributed by atoms with E-state index in [0.717, 1.165) is 18.7 Å². The first-order valence-corrected chi connectivity index (χ1v) is 6.77. The van der Waals surface area contributed by atoms with E-state index in [1.165, 1.54) is 0 Å². The van der Waals surface area contributed by atoms with Crippen molar-refractivity contribution < 1.29 is 9.15 Å². The van der Waals surface area contributed by atoms with Gasteiger partial charge >= 0.3 is 0 Å². The molecule has 5 nitrogen and oxygen atoms in total. The van der Waals surface area contributed by atoms with Gasteiger partial charge in [0.15, 0.2) is 6.61 Å². The molecule has 0 atom stereocenters. The molecule has 0 unspecified atom stereocenters. The Balaban J connectivity index is 1.77. The van der Waals surface area contributed by atoms with Crippen LogP contribution in [0.2, 0.25) is 0 Å². The second-order valence-corrected chi connectivity index (χ2v) is 5.62. The first kappa shape index (κ1) is 14.5. The van der Waals surface area contributed by atoms with E-state index in [0.29, 0.717) is 18.4 Å². The third-order valence-electron chi connectivity index (χ3n) is 2.61. The summed E-state index contributed by atoms with van der Waals surface area (Å²) in [5.74, 6) is 1.93. The van der Waals surface area contributed by atoms with E-state index in [9.17, 15) is 0 Å². The van der Waals surface area contributed by atoms with Gasteiger partial charge in [-0.1, -0.05) is 18.2 Å². The maximum absolute atomic E-state index is 5.55. The Morgan fingerprint density at radius 3 is 2.50 bits per heavy atom. The van der Waals surface area contributed by atoms with E-state index >= 15 is 0 Å². The van der Waals surface area contributed by atoms with Gasteiger partial charge in [0.2, 0.25) is 5.89 Å². The zero-order valence-electron chi connectivity index (χ0n) is 12.2. The van der Waals surface area contributed by atoms with Crippen LogP contribution in [0, 0.1) is 0 Å². The molecule has 0 fully saturated rings. The van der Waals surface area contributed by atoms with Crippen LogP contribution < -0.4 is 10.1 Å². The Morgan fingerprint density at radius 1 is 1.10 bits per heavy atom. The van der Waals surface area contributed by atoms with Crippen molar-refractivity contribution in [3.8, 4) is 5.75 Å². The summed E-state index contributed by atoms with van der Waals surface area (Å²) in [4.78, 5) is 0. The number of benzene rings is 1. The number of nitrogens with zero attached hydrogens (tertiary/aromatic N) is 2. The predicted octanol–water partition coefficient (Wildman–Crippen LogP) is 2.58. The quantitative estimate of drug-likeness (QED) is 0.878. The van der Waals surface area contributed by atoms with E-state index in [1.807, 2.05) is 30.3 Å². The van der Waals surface area contributed by atoms with Crippen LogP contribution in [0.15, 0.2) is 34.7 Å². The Morgan fingerprint density at radius 2 is 1.80 bits per heavy atom. The summed E-state index contributed by atoms with van der Waals surface area (Å²) < 4.78 is 11.1. The lowest BCUT2D eigenvalue weighted by Crippen LogP contribution is -2.37. The first-order valence-electron chi connectivity index (χ1n) is 6.77. The maximum atomic E-state index is 5.55. The van der Waals surface area contributed by atoms with Crippen LogP contribution in [0.3, 0.4) is 0 Å². The molecule has 108 valence electrons. The minimum Gasteiger partial charge on any atom is -0.484 e. The largest absolute Gasteiger partial charge is 0.484 e. The molecular weight excluding hydrogens is 254 g/mol. The molecule has 5 heteroatoms. The second-order valence-electron chi connectivity index (χ2n) is 5.62. The van der Waals surface area contributed by atoms with Crippen molar-refractivity contribution in [2.24, 2.45) is 0 Å². The van der Waals surface area contributed by atoms with Gasteiger partial charge in [-0.25, -0.2) is 0 Å². The number of nitrogens with one attached hydrogen (secondary N) is 1. The van der Waals surface area contributed by atoms with Crippen molar-refractivity contribution in [2.75, 3.05) is 6.54 Å². The third-order valence-corrected chi connectivity index (χ3v) is 2.61. The van der Waals surface area contributed by atoms with E-state index in [1.54, 1.807) is 0 Å². The van der Waals surface area contributed by atoms with Gasteiger partial charge < -0.3 is 14.5 Å². The van der Waals surface area contributed by atoms with Crippen LogP contribution in [0.1, 0.15) is 32.6 Å². The average molecular weight is 275 g/mol. The molecule has 0 radical (unpaired) electrons. The Hall–Kier alpha value is -1.88. The smallest absolute Gasteiger partial charge is 0.253 e. The Kier molecular flexibility index (Phi) is 4.74. The summed E-state index contributed by atoms with van der Waals surface area (Å²) in [5.41, 5.74) is 0.0965. The lowest BCUT2D eigenvalue weighted by atomic mass is 10.1. The molecule has 0 saturated heterocycles. The fourth-order valence-electron chi connectivity index (χ4n) is 1.65. The fraction of sp³-hybridized carbons (Fsp3) is 0.467. The molecule has 1 aromatic carbocycles. The number of hydrogen-bond donors (Lipinski definition) is 1. The first-order chi connectivity index (χ1) is 9.53. The molecule has 2 rings (SSSR count). The zero-order chi connectivity index (χ0) is 14.4. The molecule has 20 heavy (non-hydrogen) atoms. The number of ether oxygens (including phenoxy) is 1. The summed E-state index contributed by atoms with van der Waals surface area (Å²) in [7, 11) is 0. The molecule has 0 bridgehead atoms. The summed E-state index contributed by atoms with van der Waals surface area (Å²) in [5, 5.41) is 11.4. The minimum absolute atomic E-state index is 0.0965. The van der Waals surface area contributed by atoms with Gasteiger partial charge in [0, 0.05) is 18.5 Å². The van der Waals surface area contributed by atoms with Gasteiger partial charge in [0.05, 0.1) is 0 Å². The van der Waals surface area contributed by atoms with Crippen molar-refractivity contribution in [3.05, 3.63) is 42.1 Å². The van der Waals surface area contributed by atoms with Gasteiger partial charge in [0.25, 0.3) is 5.89 Å². The summed E-state index contributed by atoms with van der Waals surface area (Å²) in [6.07, 6.45) is 0.718. The van der Waals surface area contributed by atoms with Crippen LogP contribution in [0.5, 0.6) is 5.75 Å². The van der Waals surface area contributed by atoms with Gasteiger partial charge in [-0.15, -0.1) is 10.2 Å². The van der Waals surface area contributed by atoms with Crippen LogP contribution in [-0.2, 0) is 13.0 Å². The lowest BCUT2D eigenvalue weighted by Gasteiger charge is -2.19. The third kappa shape index (κ3) is 5.01. The van der Waals surface area contributed by atoms with Crippen LogP contribution in [-0.4, -0.2) is 22.3 Å². The van der Waals surface area contributed by atoms with Crippen molar-refractivity contribution in [3.63, 3.8) is 0 Å². The van der Waals surface area contributed by atoms with E-state index in [-0.39, 0.29) is 5.54 Å². The van der Waals surface area contributed by atoms with E-state index in [4.69, 9.17) is 9.15 Å².